The summed E-state index contributed by atoms with van der Waals surface area (Å²) >= 11 is 0. The van der Waals surface area contributed by atoms with E-state index in [1.165, 1.54) is 0 Å². The van der Waals surface area contributed by atoms with E-state index in [1.807, 2.05) is 0 Å². The maximum Gasteiger partial charge on any atom is 2.00 e. The van der Waals surface area contributed by atoms with Crippen molar-refractivity contribution in [3.05, 3.63) is 11.5 Å². The number of esters is 1. The molecule has 0 aromatic rings. The van der Waals surface area contributed by atoms with Gasteiger partial charge in [-0.05, 0) is 0 Å². The summed E-state index contributed by atoms with van der Waals surface area (Å²) in [4.78, 5) is 53.7. The molecule has 1 rings (SSSR count). The first-order chi connectivity index (χ1) is 9.57. The number of phosphoric acid groups is 2. The monoisotopic (exact) mass is 444 g/mol. The van der Waals surface area contributed by atoms with E-state index >= 15 is 0 Å². The molecule has 10 N–H and O–H groups in total. The number of carbonyl (C=O) groups excluding carboxylic acids is 1. The Morgan fingerprint density at radius 3 is 1.36 bits per heavy atom. The van der Waals surface area contributed by atoms with Gasteiger partial charge in [-0.1, -0.05) is 0 Å². The number of cyclic esters (lactones) is 1. The maximum atomic E-state index is 10.5. The topological polar surface area (TPSA) is 263 Å². The molecule has 19 heteroatoms. The molecule has 0 radical (unpaired) electrons. The molecule has 1 heterocycles. The van der Waals surface area contributed by atoms with Gasteiger partial charge in [0.05, 0.1) is 6.61 Å². The second kappa shape index (κ2) is 16.2. The summed E-state index contributed by atoms with van der Waals surface area (Å²) in [7, 11) is -9.28. The third-order valence-corrected chi connectivity index (χ3v) is 1.48. The average Bonchev–Trinajstić information content (AvgIpc) is 2.51. The molecular weight excluding hydrogens is 431 g/mol. The van der Waals surface area contributed by atoms with Gasteiger partial charge in [0.2, 0.25) is 5.76 Å². The van der Waals surface area contributed by atoms with Crippen molar-refractivity contribution >= 4 is 90.8 Å². The standard InChI is InChI=1S/C6H8O6.3Mg.2H3O4P/c7-1-2(8)5-3(9)4(10)6(11)12-5;;;;2*1-5(2,3)4/h2,5,7-10H,1H2;;;;2*(H3,1,2,3,4)/q;3*+2;;/t2-,5+;;;;;/m0...../s1. The first kappa shape index (κ1) is 37.1. The van der Waals surface area contributed by atoms with Crippen molar-refractivity contribution in [3.8, 4) is 0 Å². The molecular formula is C6H14Mg3O14P2+6. The number of aliphatic hydroxyl groups excluding tert-OH is 4. The summed E-state index contributed by atoms with van der Waals surface area (Å²) in [6, 6.07) is 0. The van der Waals surface area contributed by atoms with Gasteiger partial charge in [-0.2, -0.15) is 0 Å². The van der Waals surface area contributed by atoms with Gasteiger partial charge in [-0.3, -0.25) is 0 Å². The van der Waals surface area contributed by atoms with E-state index in [1.54, 1.807) is 0 Å². The van der Waals surface area contributed by atoms with Crippen LogP contribution in [0.1, 0.15) is 0 Å². The average molecular weight is 445 g/mol. The van der Waals surface area contributed by atoms with Crippen LogP contribution >= 0.6 is 15.6 Å². The van der Waals surface area contributed by atoms with Crippen LogP contribution in [0.3, 0.4) is 0 Å². The van der Waals surface area contributed by atoms with Crippen molar-refractivity contribution in [1.29, 1.82) is 0 Å². The van der Waals surface area contributed by atoms with Crippen LogP contribution in [-0.2, 0) is 18.7 Å². The van der Waals surface area contributed by atoms with Crippen LogP contribution in [0.15, 0.2) is 11.5 Å². The summed E-state index contributed by atoms with van der Waals surface area (Å²) in [5.41, 5.74) is 0. The van der Waals surface area contributed by atoms with E-state index in [9.17, 15) is 4.79 Å². The van der Waals surface area contributed by atoms with Crippen molar-refractivity contribution in [1.82, 2.24) is 0 Å². The molecule has 0 amide bonds. The molecule has 0 aromatic heterocycles. The van der Waals surface area contributed by atoms with Crippen LogP contribution in [0.2, 0.25) is 0 Å². The van der Waals surface area contributed by atoms with Crippen LogP contribution in [0.5, 0.6) is 0 Å². The molecule has 25 heavy (non-hydrogen) atoms. The molecule has 0 unspecified atom stereocenters. The Labute approximate surface area is 188 Å². The normalized spacial score (nSPS) is 17.1. The minimum atomic E-state index is -4.64. The van der Waals surface area contributed by atoms with E-state index in [4.69, 9.17) is 58.9 Å². The number of hydrogen-bond acceptors (Lipinski definition) is 8. The van der Waals surface area contributed by atoms with Gasteiger partial charge >= 0.3 is 90.8 Å². The van der Waals surface area contributed by atoms with E-state index in [2.05, 4.69) is 4.74 Å². The molecule has 0 fully saturated rings. The minimum Gasteiger partial charge on any atom is -0.505 e. The van der Waals surface area contributed by atoms with Crippen LogP contribution in [0.4, 0.5) is 0 Å². The zero-order valence-corrected chi connectivity index (χ0v) is 18.5. The number of aliphatic hydroxyl groups is 4. The molecule has 0 aliphatic carbocycles. The number of hydrogen-bond donors (Lipinski definition) is 10. The summed E-state index contributed by atoms with van der Waals surface area (Å²) in [5.74, 6) is -2.78. The fourth-order valence-corrected chi connectivity index (χ4v) is 0.823. The summed E-state index contributed by atoms with van der Waals surface area (Å²) in [5, 5.41) is 35.0. The van der Waals surface area contributed by atoms with Gasteiger partial charge in [0.1, 0.15) is 6.10 Å². The molecule has 2 atom stereocenters. The zero-order chi connectivity index (χ0) is 18.3. The maximum absolute atomic E-state index is 10.5. The number of carbonyl (C=O) groups is 1. The van der Waals surface area contributed by atoms with Gasteiger partial charge in [-0.25, -0.2) is 13.9 Å². The fraction of sp³-hybridized carbons (Fsp3) is 0.500. The SMILES string of the molecule is O=C1O[C@H]([C@@H](O)CO)C(O)=C1O.O=P(O)(O)O.O=P(O)(O)O.[Mg+2].[Mg+2].[Mg+2]. The van der Waals surface area contributed by atoms with E-state index in [0.717, 1.165) is 0 Å². The van der Waals surface area contributed by atoms with Gasteiger partial charge in [-0.15, -0.1) is 0 Å². The third-order valence-electron chi connectivity index (χ3n) is 1.48. The molecule has 14 nitrogen and oxygen atoms in total. The fourth-order valence-electron chi connectivity index (χ4n) is 0.823. The predicted octanol–water partition coefficient (Wildman–Crippen LogP) is -4.41. The largest absolute Gasteiger partial charge is 2.00 e. The summed E-state index contributed by atoms with van der Waals surface area (Å²) in [6.07, 6.45) is -2.78. The first-order valence-corrected chi connectivity index (χ1v) is 7.89. The first-order valence-electron chi connectivity index (χ1n) is 4.76. The Morgan fingerprint density at radius 2 is 1.20 bits per heavy atom. The van der Waals surface area contributed by atoms with Crippen molar-refractivity contribution in [2.24, 2.45) is 0 Å². The molecule has 0 aromatic carbocycles. The van der Waals surface area contributed by atoms with E-state index < -0.39 is 51.9 Å². The zero-order valence-electron chi connectivity index (χ0n) is 12.5. The van der Waals surface area contributed by atoms with Crippen LogP contribution in [0, 0.1) is 0 Å². The third kappa shape index (κ3) is 25.2. The molecule has 132 valence electrons. The Morgan fingerprint density at radius 1 is 0.920 bits per heavy atom. The predicted molar refractivity (Wildman–Crippen MR) is 81.0 cm³/mol. The Balaban J connectivity index is -0.0000000882. The Hall–Kier alpha value is 1.25. The van der Waals surface area contributed by atoms with E-state index in [-0.39, 0.29) is 69.2 Å². The van der Waals surface area contributed by atoms with Crippen molar-refractivity contribution in [3.63, 3.8) is 0 Å². The van der Waals surface area contributed by atoms with Crippen LogP contribution < -0.4 is 0 Å². The molecule has 1 aliphatic heterocycles. The molecule has 0 spiro atoms. The van der Waals surface area contributed by atoms with Crippen LogP contribution in [-0.4, -0.2) is 144 Å². The number of ether oxygens (including phenoxy) is 1. The number of rotatable bonds is 2. The molecule has 1 aliphatic rings. The Kier molecular flexibility index (Phi) is 24.1. The molecule has 0 saturated heterocycles. The van der Waals surface area contributed by atoms with E-state index in [0.29, 0.717) is 0 Å². The van der Waals surface area contributed by atoms with Gasteiger partial charge in [0, 0.05) is 0 Å². The van der Waals surface area contributed by atoms with Gasteiger partial charge < -0.3 is 54.5 Å². The second-order valence-corrected chi connectivity index (χ2v) is 5.39. The van der Waals surface area contributed by atoms with Crippen LogP contribution in [0.25, 0.3) is 0 Å². The Bertz CT molecular complexity index is 462. The summed E-state index contributed by atoms with van der Waals surface area (Å²) < 4.78 is 22.1. The second-order valence-electron chi connectivity index (χ2n) is 3.34. The van der Waals surface area contributed by atoms with Crippen molar-refractivity contribution < 1.29 is 68.4 Å². The minimum absolute atomic E-state index is 0. The van der Waals surface area contributed by atoms with Gasteiger partial charge in [0.15, 0.2) is 11.9 Å². The smallest absolute Gasteiger partial charge is 0.505 e. The molecule has 0 bridgehead atoms. The van der Waals surface area contributed by atoms with Crippen molar-refractivity contribution in [2.75, 3.05) is 6.61 Å². The molecule has 0 saturated carbocycles. The van der Waals surface area contributed by atoms with Crippen molar-refractivity contribution in [2.45, 2.75) is 12.2 Å². The summed E-state index contributed by atoms with van der Waals surface area (Å²) in [6.45, 7) is -0.671. The quantitative estimate of drug-likeness (QED) is 0.109. The van der Waals surface area contributed by atoms with Gasteiger partial charge in [0.25, 0.3) is 0 Å².